The molecule has 2 bridgehead atoms. The van der Waals surface area contributed by atoms with Gasteiger partial charge in [-0.2, -0.15) is 0 Å². The normalized spacial score (nSPS) is 32.8. The molecule has 0 amide bonds. The Bertz CT molecular complexity index is 564. The van der Waals surface area contributed by atoms with Crippen molar-refractivity contribution in [3.05, 3.63) is 35.9 Å². The van der Waals surface area contributed by atoms with E-state index in [0.29, 0.717) is 12.8 Å². The van der Waals surface area contributed by atoms with E-state index in [1.807, 2.05) is 18.2 Å². The van der Waals surface area contributed by atoms with Crippen molar-refractivity contribution in [2.45, 2.75) is 49.8 Å². The number of benzene rings is 1. The van der Waals surface area contributed by atoms with Crippen LogP contribution in [0.5, 0.6) is 0 Å². The maximum atomic E-state index is 12.4. The molecule has 0 saturated carbocycles. The van der Waals surface area contributed by atoms with Crippen LogP contribution in [0.4, 0.5) is 0 Å². The molecule has 4 nitrogen and oxygen atoms in total. The Labute approximate surface area is 129 Å². The van der Waals surface area contributed by atoms with Crippen molar-refractivity contribution in [2.75, 3.05) is 13.6 Å². The lowest BCUT2D eigenvalue weighted by Gasteiger charge is -2.36. The van der Waals surface area contributed by atoms with Gasteiger partial charge in [0.25, 0.3) is 0 Å². The third-order valence-electron chi connectivity index (χ3n) is 4.64. The molecule has 2 aliphatic rings. The number of hydrogen-bond acceptors (Lipinski definition) is 4. The fourth-order valence-electron chi connectivity index (χ4n) is 3.47. The van der Waals surface area contributed by atoms with Gasteiger partial charge in [0, 0.05) is 16.2 Å². The second kappa shape index (κ2) is 6.16. The van der Waals surface area contributed by atoms with E-state index in [9.17, 15) is 9.90 Å². The van der Waals surface area contributed by atoms with Crippen molar-refractivity contribution < 1.29 is 18.8 Å². The summed E-state index contributed by atoms with van der Waals surface area (Å²) in [5, 5.41) is 9.56. The Morgan fingerprint density at radius 2 is 2.05 bits per heavy atom. The number of aliphatic hydroxyl groups is 1. The Morgan fingerprint density at radius 3 is 2.62 bits per heavy atom. The standard InChI is InChI=1S/C17H23NO3/c1-18-13-7-8-14(18)10-15(9-13)21-17(20)16(11-19)12-5-3-2-4-6-12/h2-6,13-16,19H,7-11H2,1H3/t13-,14+,15?,16?/i1+1D3. The first-order chi connectivity index (χ1) is 11.4. The Morgan fingerprint density at radius 1 is 1.38 bits per heavy atom. The molecule has 114 valence electrons. The number of carbonyl (C=O) groups excluding carboxylic acids is 1. The van der Waals surface area contributed by atoms with Gasteiger partial charge >= 0.3 is 5.97 Å². The fourth-order valence-corrected chi connectivity index (χ4v) is 3.47. The molecule has 21 heavy (non-hydrogen) atoms. The molecule has 1 aromatic carbocycles. The summed E-state index contributed by atoms with van der Waals surface area (Å²) in [4.78, 5) is 14.1. The van der Waals surface area contributed by atoms with Crippen molar-refractivity contribution in [3.63, 3.8) is 0 Å². The SMILES string of the molecule is [2H][13C]([2H])([2H])N1[C@@H]2CC[C@H]1CC(OC(=O)C(CO)c1ccccc1)C2. The second-order valence-corrected chi connectivity index (χ2v) is 5.97. The molecular formula is C17H23NO3. The number of esters is 1. The lowest BCUT2D eigenvalue weighted by molar-refractivity contribution is -0.155. The van der Waals surface area contributed by atoms with E-state index in [-0.39, 0.29) is 24.8 Å². The zero-order valence-electron chi connectivity index (χ0n) is 14.9. The Hall–Kier alpha value is -1.39. The van der Waals surface area contributed by atoms with Gasteiger partial charge in [0.1, 0.15) is 12.0 Å². The highest BCUT2D eigenvalue weighted by atomic mass is 16.5. The van der Waals surface area contributed by atoms with E-state index in [2.05, 4.69) is 0 Å². The maximum Gasteiger partial charge on any atom is 0.316 e. The van der Waals surface area contributed by atoms with Crippen molar-refractivity contribution in [1.82, 2.24) is 4.90 Å². The number of piperidine rings is 1. The average Bonchev–Trinajstić information content (AvgIpc) is 2.82. The van der Waals surface area contributed by atoms with Gasteiger partial charge in [0.05, 0.1) is 6.61 Å². The van der Waals surface area contributed by atoms with Crippen LogP contribution >= 0.6 is 0 Å². The van der Waals surface area contributed by atoms with Crippen LogP contribution in [0, 0.1) is 0 Å². The molecule has 1 aromatic rings. The van der Waals surface area contributed by atoms with E-state index < -0.39 is 18.9 Å². The average molecular weight is 293 g/mol. The second-order valence-electron chi connectivity index (χ2n) is 5.97. The highest BCUT2D eigenvalue weighted by molar-refractivity contribution is 5.78. The zero-order chi connectivity index (χ0) is 17.3. The van der Waals surface area contributed by atoms with Crippen LogP contribution in [0.1, 0.15) is 41.3 Å². The van der Waals surface area contributed by atoms with Crippen LogP contribution in [-0.2, 0) is 9.53 Å². The molecular weight excluding hydrogens is 267 g/mol. The molecule has 0 spiro atoms. The molecule has 2 aliphatic heterocycles. The van der Waals surface area contributed by atoms with E-state index in [0.717, 1.165) is 18.4 Å². The summed E-state index contributed by atoms with van der Waals surface area (Å²) in [7, 11) is 0. The van der Waals surface area contributed by atoms with Gasteiger partial charge in [-0.3, -0.25) is 4.79 Å². The minimum Gasteiger partial charge on any atom is -0.462 e. The first-order valence-electron chi connectivity index (χ1n) is 9.05. The molecule has 4 heteroatoms. The maximum absolute atomic E-state index is 12.4. The molecule has 2 fully saturated rings. The first kappa shape index (κ1) is 11.2. The summed E-state index contributed by atoms with van der Waals surface area (Å²) in [5.41, 5.74) is 0.730. The number of ether oxygens (including phenoxy) is 1. The van der Waals surface area contributed by atoms with E-state index >= 15 is 0 Å². The van der Waals surface area contributed by atoms with E-state index in [1.165, 1.54) is 0 Å². The fraction of sp³-hybridized carbons (Fsp3) is 0.588. The van der Waals surface area contributed by atoms with Crippen LogP contribution < -0.4 is 0 Å². The van der Waals surface area contributed by atoms with Crippen molar-refractivity contribution in [1.29, 1.82) is 0 Å². The molecule has 2 saturated heterocycles. The highest BCUT2D eigenvalue weighted by Crippen LogP contribution is 2.36. The molecule has 1 N–H and O–H groups in total. The third kappa shape index (κ3) is 2.97. The van der Waals surface area contributed by atoms with Gasteiger partial charge in [-0.05, 0) is 38.2 Å². The lowest BCUT2D eigenvalue weighted by atomic mass is 9.98. The monoisotopic (exact) mass is 293 g/mol. The van der Waals surface area contributed by atoms with Crippen LogP contribution in [0.3, 0.4) is 0 Å². The van der Waals surface area contributed by atoms with Gasteiger partial charge in [0.2, 0.25) is 0 Å². The number of fused-ring (bicyclic) bond motifs is 2. The van der Waals surface area contributed by atoms with Crippen molar-refractivity contribution in [3.8, 4) is 0 Å². The van der Waals surface area contributed by atoms with Gasteiger partial charge in [-0.25, -0.2) is 0 Å². The van der Waals surface area contributed by atoms with Gasteiger partial charge in [0.15, 0.2) is 0 Å². The molecule has 0 aromatic heterocycles. The number of nitrogens with zero attached hydrogens (tertiary/aromatic N) is 1. The predicted molar refractivity (Wildman–Crippen MR) is 80.0 cm³/mol. The summed E-state index contributed by atoms with van der Waals surface area (Å²) in [6, 6.07) is 8.97. The van der Waals surface area contributed by atoms with Gasteiger partial charge < -0.3 is 14.7 Å². The minimum atomic E-state index is -2.08. The predicted octanol–water partition coefficient (Wildman–Crippen LogP) is 1.93. The number of hydrogen-bond donors (Lipinski definition) is 1. The number of carbonyl (C=O) groups is 1. The highest BCUT2D eigenvalue weighted by Gasteiger charge is 2.40. The van der Waals surface area contributed by atoms with E-state index in [1.54, 1.807) is 17.0 Å². The van der Waals surface area contributed by atoms with Crippen LogP contribution in [-0.4, -0.2) is 47.7 Å². The number of rotatable bonds is 4. The lowest BCUT2D eigenvalue weighted by Crippen LogP contribution is -2.43. The van der Waals surface area contributed by atoms with Crippen LogP contribution in [0.2, 0.25) is 0 Å². The van der Waals surface area contributed by atoms with Gasteiger partial charge in [-0.15, -0.1) is 0 Å². The largest absolute Gasteiger partial charge is 0.462 e. The summed E-state index contributed by atoms with van der Waals surface area (Å²) in [6.45, 7) is -2.39. The Balaban J connectivity index is 1.64. The van der Waals surface area contributed by atoms with Crippen molar-refractivity contribution >= 4 is 5.97 Å². The summed E-state index contributed by atoms with van der Waals surface area (Å²) in [5.74, 6) is -1.13. The summed E-state index contributed by atoms with van der Waals surface area (Å²) < 4.78 is 28.6. The number of aliphatic hydroxyl groups excluding tert-OH is 1. The molecule has 4 atom stereocenters. The van der Waals surface area contributed by atoms with Crippen molar-refractivity contribution in [2.24, 2.45) is 0 Å². The van der Waals surface area contributed by atoms with Gasteiger partial charge in [-0.1, -0.05) is 30.3 Å². The Kier molecular flexibility index (Phi) is 3.29. The summed E-state index contributed by atoms with van der Waals surface area (Å²) in [6.07, 6.45) is 2.49. The molecule has 2 heterocycles. The summed E-state index contributed by atoms with van der Waals surface area (Å²) >= 11 is 0. The van der Waals surface area contributed by atoms with Crippen LogP contribution in [0.15, 0.2) is 30.3 Å². The molecule has 0 radical (unpaired) electrons. The quantitative estimate of drug-likeness (QED) is 0.681. The van der Waals surface area contributed by atoms with E-state index in [4.69, 9.17) is 8.85 Å². The topological polar surface area (TPSA) is 49.8 Å². The molecule has 2 unspecified atom stereocenters. The molecule has 0 aliphatic carbocycles. The third-order valence-corrected chi connectivity index (χ3v) is 4.64. The minimum absolute atomic E-state index is 0.0571. The smallest absolute Gasteiger partial charge is 0.316 e. The molecule has 3 rings (SSSR count). The first-order valence-corrected chi connectivity index (χ1v) is 7.55. The van der Waals surface area contributed by atoms with Crippen LogP contribution in [0.25, 0.3) is 0 Å². The zero-order valence-corrected chi connectivity index (χ0v) is 11.9.